The molecule has 0 bridgehead atoms. The van der Waals surface area contributed by atoms with Gasteiger partial charge in [-0.3, -0.25) is 0 Å². The average Bonchev–Trinajstić information content (AvgIpc) is 2.83. The molecule has 0 amide bonds. The maximum absolute atomic E-state index is 7.52. The van der Waals surface area contributed by atoms with Crippen molar-refractivity contribution in [3.05, 3.63) is 84.0 Å². The molecule has 5 rings (SSSR count). The minimum atomic E-state index is -2.49. The number of allylic oxidation sites excluding steroid dienone is 3. The van der Waals surface area contributed by atoms with Crippen molar-refractivity contribution in [3.63, 3.8) is 0 Å². The van der Waals surface area contributed by atoms with Gasteiger partial charge in [0.1, 0.15) is 0 Å². The highest BCUT2D eigenvalue weighted by atomic mass is 28.4. The lowest BCUT2D eigenvalue weighted by Gasteiger charge is -2.52. The third kappa shape index (κ3) is 3.90. The summed E-state index contributed by atoms with van der Waals surface area (Å²) in [5.74, 6) is 0.764. The Kier molecular flexibility index (Phi) is 6.03. The molecule has 3 aliphatic carbocycles. The van der Waals surface area contributed by atoms with Crippen molar-refractivity contribution in [2.24, 2.45) is 11.3 Å². The molecule has 2 heteroatoms. The monoisotopic (exact) mass is 456 g/mol. The van der Waals surface area contributed by atoms with E-state index in [1.165, 1.54) is 48.9 Å². The molecular weight excluding hydrogens is 416 g/mol. The number of hydrogen-bond donors (Lipinski definition) is 0. The van der Waals surface area contributed by atoms with Gasteiger partial charge >= 0.3 is 0 Å². The Morgan fingerprint density at radius 3 is 2.09 bits per heavy atom. The quantitative estimate of drug-likeness (QED) is 0.443. The molecule has 2 aromatic carbocycles. The molecule has 2 fully saturated rings. The average molecular weight is 457 g/mol. The minimum Gasteiger partial charge on any atom is -0.404 e. The lowest BCUT2D eigenvalue weighted by Crippen LogP contribution is -2.68. The molecule has 33 heavy (non-hydrogen) atoms. The van der Waals surface area contributed by atoms with E-state index in [4.69, 9.17) is 4.43 Å². The Bertz CT molecular complexity index is 990. The summed E-state index contributed by atoms with van der Waals surface area (Å²) in [5, 5.41) is 2.82. The van der Waals surface area contributed by atoms with E-state index in [2.05, 4.69) is 101 Å². The Labute approximate surface area is 202 Å². The van der Waals surface area contributed by atoms with Gasteiger partial charge in [-0.25, -0.2) is 0 Å². The Morgan fingerprint density at radius 1 is 0.848 bits per heavy atom. The number of benzene rings is 2. The van der Waals surface area contributed by atoms with Gasteiger partial charge in [-0.1, -0.05) is 118 Å². The van der Waals surface area contributed by atoms with Crippen molar-refractivity contribution in [3.8, 4) is 0 Å². The van der Waals surface area contributed by atoms with Crippen LogP contribution in [0.15, 0.2) is 84.0 Å². The summed E-state index contributed by atoms with van der Waals surface area (Å²) in [6.45, 7) is 9.73. The van der Waals surface area contributed by atoms with Crippen LogP contribution in [0.2, 0.25) is 5.04 Å². The maximum atomic E-state index is 7.52. The van der Waals surface area contributed by atoms with Crippen molar-refractivity contribution in [1.29, 1.82) is 0 Å². The first kappa shape index (κ1) is 22.9. The molecule has 2 aromatic rings. The summed E-state index contributed by atoms with van der Waals surface area (Å²) in [5.41, 5.74) is 3.71. The van der Waals surface area contributed by atoms with Gasteiger partial charge in [-0.05, 0) is 65.3 Å². The molecule has 0 radical (unpaired) electrons. The third-order valence-corrected chi connectivity index (χ3v) is 13.9. The summed E-state index contributed by atoms with van der Waals surface area (Å²) in [4.78, 5) is 0. The van der Waals surface area contributed by atoms with Crippen LogP contribution in [0.5, 0.6) is 0 Å². The lowest BCUT2D eigenvalue weighted by molar-refractivity contribution is 0.0922. The van der Waals surface area contributed by atoms with E-state index in [9.17, 15) is 0 Å². The van der Waals surface area contributed by atoms with Gasteiger partial charge in [0.05, 0.1) is 0 Å². The fourth-order valence-corrected chi connectivity index (χ4v) is 11.8. The molecule has 0 spiro atoms. The van der Waals surface area contributed by atoms with E-state index in [1.807, 2.05) is 0 Å². The molecule has 3 atom stereocenters. The molecule has 2 saturated carbocycles. The summed E-state index contributed by atoms with van der Waals surface area (Å²) in [6.07, 6.45) is 14.2. The smallest absolute Gasteiger partial charge is 0.261 e. The molecule has 0 aliphatic heterocycles. The van der Waals surface area contributed by atoms with Gasteiger partial charge in [-0.2, -0.15) is 0 Å². The van der Waals surface area contributed by atoms with Crippen LogP contribution in [-0.4, -0.2) is 14.4 Å². The van der Waals surface area contributed by atoms with E-state index >= 15 is 0 Å². The SMILES string of the molecule is CC(C)(C)[Si](O[C@H]1CC[C@]2(C)C(=CC=C3CCCC[C@H]32)C1)(c1ccccc1)c1ccccc1. The van der Waals surface area contributed by atoms with Crippen molar-refractivity contribution in [2.75, 3.05) is 0 Å². The van der Waals surface area contributed by atoms with Crippen LogP contribution < -0.4 is 10.4 Å². The molecule has 0 heterocycles. The summed E-state index contributed by atoms with van der Waals surface area (Å²) in [7, 11) is -2.49. The topological polar surface area (TPSA) is 9.23 Å². The first-order valence-corrected chi connectivity index (χ1v) is 14.9. The molecule has 3 aliphatic rings. The Balaban J connectivity index is 1.53. The molecule has 0 N–H and O–H groups in total. The standard InChI is InChI=1S/C31H40OSi/c1-30(2,3)33(27-14-7-5-8-15-27,28-16-9-6-10-17-28)32-26-21-22-31(4)25(23-26)20-19-24-13-11-12-18-29(24)31/h5-10,14-17,19-20,26,29H,11-13,18,21-23H2,1-4H3/t26-,29+,31+/m0/s1. The molecule has 0 unspecified atom stereocenters. The Morgan fingerprint density at radius 2 is 1.48 bits per heavy atom. The highest BCUT2D eigenvalue weighted by Gasteiger charge is 2.53. The lowest BCUT2D eigenvalue weighted by atomic mass is 9.56. The third-order valence-electron chi connectivity index (χ3n) is 8.85. The highest BCUT2D eigenvalue weighted by molar-refractivity contribution is 6.99. The predicted molar refractivity (Wildman–Crippen MR) is 143 cm³/mol. The normalized spacial score (nSPS) is 27.8. The van der Waals surface area contributed by atoms with Gasteiger partial charge in [0, 0.05) is 6.10 Å². The van der Waals surface area contributed by atoms with Crippen LogP contribution in [0.25, 0.3) is 0 Å². The first-order valence-electron chi connectivity index (χ1n) is 13.0. The summed E-state index contributed by atoms with van der Waals surface area (Å²) in [6, 6.07) is 22.3. The van der Waals surface area contributed by atoms with Crippen molar-refractivity contribution >= 4 is 18.7 Å². The predicted octanol–water partition coefficient (Wildman–Crippen LogP) is 7.18. The minimum absolute atomic E-state index is 0.0356. The largest absolute Gasteiger partial charge is 0.404 e. The second kappa shape index (κ2) is 8.71. The second-order valence-corrected chi connectivity index (χ2v) is 16.0. The molecule has 0 aromatic heterocycles. The Hall–Kier alpha value is -1.90. The second-order valence-electron chi connectivity index (χ2n) is 11.8. The number of hydrogen-bond acceptors (Lipinski definition) is 1. The molecule has 174 valence electrons. The van der Waals surface area contributed by atoms with Gasteiger partial charge in [-0.15, -0.1) is 0 Å². The fraction of sp³-hybridized carbons (Fsp3) is 0.484. The van der Waals surface area contributed by atoms with Gasteiger partial charge in [0.2, 0.25) is 0 Å². The van der Waals surface area contributed by atoms with Crippen LogP contribution in [0.3, 0.4) is 0 Å². The first-order chi connectivity index (χ1) is 15.8. The van der Waals surface area contributed by atoms with Crippen LogP contribution in [0, 0.1) is 11.3 Å². The van der Waals surface area contributed by atoms with Gasteiger partial charge in [0.15, 0.2) is 0 Å². The van der Waals surface area contributed by atoms with E-state index in [1.54, 1.807) is 11.1 Å². The van der Waals surface area contributed by atoms with Crippen LogP contribution in [0.1, 0.15) is 72.6 Å². The summed E-state index contributed by atoms with van der Waals surface area (Å²) < 4.78 is 7.52. The maximum Gasteiger partial charge on any atom is 0.261 e. The zero-order chi connectivity index (χ0) is 23.1. The number of fused-ring (bicyclic) bond motifs is 3. The molecular formula is C31H40OSi. The van der Waals surface area contributed by atoms with Crippen LogP contribution in [-0.2, 0) is 4.43 Å². The number of rotatable bonds is 4. The van der Waals surface area contributed by atoms with Gasteiger partial charge < -0.3 is 4.43 Å². The van der Waals surface area contributed by atoms with Gasteiger partial charge in [0.25, 0.3) is 8.32 Å². The molecule has 0 saturated heterocycles. The van der Waals surface area contributed by atoms with Crippen LogP contribution in [0.4, 0.5) is 0 Å². The zero-order valence-electron chi connectivity index (χ0n) is 20.9. The van der Waals surface area contributed by atoms with Crippen molar-refractivity contribution in [2.45, 2.75) is 83.8 Å². The molecule has 1 nitrogen and oxygen atoms in total. The summed E-state index contributed by atoms with van der Waals surface area (Å²) >= 11 is 0. The fourth-order valence-electron chi connectivity index (χ4n) is 7.07. The van der Waals surface area contributed by atoms with Crippen LogP contribution >= 0.6 is 0 Å². The van der Waals surface area contributed by atoms with Crippen molar-refractivity contribution < 1.29 is 4.43 Å². The zero-order valence-corrected chi connectivity index (χ0v) is 21.9. The van der Waals surface area contributed by atoms with E-state index in [0.717, 1.165) is 12.3 Å². The van der Waals surface area contributed by atoms with E-state index in [-0.39, 0.29) is 11.1 Å². The van der Waals surface area contributed by atoms with E-state index < -0.39 is 8.32 Å². The highest BCUT2D eigenvalue weighted by Crippen LogP contribution is 2.55. The van der Waals surface area contributed by atoms with Crippen molar-refractivity contribution in [1.82, 2.24) is 0 Å². The van der Waals surface area contributed by atoms with E-state index in [0.29, 0.717) is 5.41 Å².